The molecule has 1 N–H and O–H groups in total. The number of nitrogens with one attached hydrogen (secondary N) is 1. The lowest BCUT2D eigenvalue weighted by molar-refractivity contribution is -0.137. The van der Waals surface area contributed by atoms with Crippen molar-refractivity contribution in [2.75, 3.05) is 27.3 Å². The molecule has 0 radical (unpaired) electrons. The van der Waals surface area contributed by atoms with Crippen molar-refractivity contribution in [1.82, 2.24) is 10.2 Å². The van der Waals surface area contributed by atoms with Crippen LogP contribution < -0.4 is 10.1 Å². The van der Waals surface area contributed by atoms with E-state index in [1.807, 2.05) is 6.92 Å². The Kier molecular flexibility index (Phi) is 6.99. The molecule has 0 atom stereocenters. The first-order chi connectivity index (χ1) is 12.9. The number of nitrogens with zero attached hydrogens (tertiary/aromatic N) is 1. The van der Waals surface area contributed by atoms with Crippen molar-refractivity contribution in [2.24, 2.45) is 0 Å². The van der Waals surface area contributed by atoms with Gasteiger partial charge in [0.2, 0.25) is 5.91 Å². The van der Waals surface area contributed by atoms with Crippen molar-refractivity contribution in [1.29, 1.82) is 0 Å². The third-order valence-corrected chi connectivity index (χ3v) is 3.82. The van der Waals surface area contributed by atoms with E-state index in [2.05, 4.69) is 5.32 Å². The average molecular weight is 374 g/mol. The number of ether oxygens (including phenoxy) is 2. The molecule has 0 unspecified atom stereocenters. The fraction of sp³-hybridized carbons (Fsp3) is 0.316. The summed E-state index contributed by atoms with van der Waals surface area (Å²) in [4.78, 5) is 37.1. The van der Waals surface area contributed by atoms with E-state index >= 15 is 0 Å². The van der Waals surface area contributed by atoms with Gasteiger partial charge in [0.25, 0.3) is 5.91 Å². The van der Waals surface area contributed by atoms with Crippen LogP contribution in [0.5, 0.6) is 5.75 Å². The lowest BCUT2D eigenvalue weighted by Gasteiger charge is -2.16. The molecular formula is C19H22N2O6. The molecule has 0 saturated carbocycles. The van der Waals surface area contributed by atoms with Crippen LogP contribution in [0.15, 0.2) is 41.0 Å². The maximum absolute atomic E-state index is 12.1. The van der Waals surface area contributed by atoms with Crippen LogP contribution in [0.25, 0.3) is 0 Å². The highest BCUT2D eigenvalue weighted by atomic mass is 16.5. The van der Waals surface area contributed by atoms with Gasteiger partial charge < -0.3 is 24.1 Å². The topological polar surface area (TPSA) is 98.1 Å². The number of amides is 2. The van der Waals surface area contributed by atoms with Crippen molar-refractivity contribution >= 4 is 17.8 Å². The zero-order chi connectivity index (χ0) is 19.8. The largest absolute Gasteiger partial charge is 0.496 e. The average Bonchev–Trinajstić information content (AvgIpc) is 3.18. The normalized spacial score (nSPS) is 10.2. The molecule has 0 saturated heterocycles. The van der Waals surface area contributed by atoms with Crippen molar-refractivity contribution < 1.29 is 28.3 Å². The monoisotopic (exact) mass is 374 g/mol. The van der Waals surface area contributed by atoms with E-state index in [1.54, 1.807) is 30.3 Å². The number of likely N-dealkylation sites (N-methyl/N-ethyl adjacent to an activating group) is 1. The van der Waals surface area contributed by atoms with Gasteiger partial charge in [-0.25, -0.2) is 4.79 Å². The molecule has 8 heteroatoms. The molecule has 2 rings (SSSR count). The maximum Gasteiger partial charge on any atom is 0.338 e. The van der Waals surface area contributed by atoms with E-state index in [9.17, 15) is 14.4 Å². The summed E-state index contributed by atoms with van der Waals surface area (Å²) in [5.41, 5.74) is 1.16. The van der Waals surface area contributed by atoms with Gasteiger partial charge in [0.1, 0.15) is 11.5 Å². The lowest BCUT2D eigenvalue weighted by atomic mass is 10.1. The summed E-state index contributed by atoms with van der Waals surface area (Å²) in [5.74, 6) is -0.314. The molecule has 144 valence electrons. The maximum atomic E-state index is 12.1. The standard InChI is InChI=1S/C19H22N2O6/c1-13-6-7-14(9-16(13)25-3)19(24)27-12-18(23)21(2)11-17(22)20-10-15-5-4-8-26-15/h4-9H,10-12H2,1-3H3,(H,20,22). The molecule has 0 aliphatic rings. The lowest BCUT2D eigenvalue weighted by Crippen LogP contribution is -2.39. The van der Waals surface area contributed by atoms with Crippen LogP contribution in [-0.2, 0) is 20.9 Å². The number of rotatable bonds is 8. The Balaban J connectivity index is 1.78. The first-order valence-corrected chi connectivity index (χ1v) is 8.25. The SMILES string of the molecule is COc1cc(C(=O)OCC(=O)N(C)CC(=O)NCc2ccco2)ccc1C. The van der Waals surface area contributed by atoms with Gasteiger partial charge in [-0.05, 0) is 36.8 Å². The zero-order valence-corrected chi connectivity index (χ0v) is 15.5. The summed E-state index contributed by atoms with van der Waals surface area (Å²) in [6, 6.07) is 8.32. The van der Waals surface area contributed by atoms with Crippen molar-refractivity contribution in [3.8, 4) is 5.75 Å². The molecule has 2 amide bonds. The van der Waals surface area contributed by atoms with Crippen LogP contribution in [0.2, 0.25) is 0 Å². The second-order valence-electron chi connectivity index (χ2n) is 5.87. The number of furan rings is 1. The molecule has 0 aliphatic carbocycles. The minimum atomic E-state index is -0.641. The van der Waals surface area contributed by atoms with Crippen LogP contribution in [-0.4, -0.2) is 50.0 Å². The van der Waals surface area contributed by atoms with E-state index in [4.69, 9.17) is 13.9 Å². The van der Waals surface area contributed by atoms with Gasteiger partial charge in [-0.3, -0.25) is 9.59 Å². The molecule has 0 bridgehead atoms. The summed E-state index contributed by atoms with van der Waals surface area (Å²) in [5, 5.41) is 2.63. The predicted octanol–water partition coefficient (Wildman–Crippen LogP) is 1.53. The summed E-state index contributed by atoms with van der Waals surface area (Å²) in [6.45, 7) is 1.47. The number of hydrogen-bond donors (Lipinski definition) is 1. The van der Waals surface area contributed by atoms with Gasteiger partial charge in [0, 0.05) is 7.05 Å². The fourth-order valence-electron chi connectivity index (χ4n) is 2.23. The molecule has 27 heavy (non-hydrogen) atoms. The van der Waals surface area contributed by atoms with E-state index in [1.165, 1.54) is 25.3 Å². The van der Waals surface area contributed by atoms with Crippen molar-refractivity contribution in [3.05, 3.63) is 53.5 Å². The zero-order valence-electron chi connectivity index (χ0n) is 15.5. The molecule has 1 aromatic carbocycles. The van der Waals surface area contributed by atoms with Crippen LogP contribution in [0.4, 0.5) is 0 Å². The van der Waals surface area contributed by atoms with Gasteiger partial charge in [-0.1, -0.05) is 6.07 Å². The Morgan fingerprint density at radius 2 is 2.00 bits per heavy atom. The highest BCUT2D eigenvalue weighted by Crippen LogP contribution is 2.19. The summed E-state index contributed by atoms with van der Waals surface area (Å²) < 4.78 is 15.3. The molecule has 1 aromatic heterocycles. The molecule has 0 aliphatic heterocycles. The number of hydrogen-bond acceptors (Lipinski definition) is 6. The van der Waals surface area contributed by atoms with E-state index in [0.717, 1.165) is 5.56 Å². The smallest absolute Gasteiger partial charge is 0.338 e. The number of benzene rings is 1. The molecule has 0 fully saturated rings. The summed E-state index contributed by atoms with van der Waals surface area (Å²) >= 11 is 0. The predicted molar refractivity (Wildman–Crippen MR) is 96.2 cm³/mol. The first-order valence-electron chi connectivity index (χ1n) is 8.25. The van der Waals surface area contributed by atoms with E-state index in [0.29, 0.717) is 11.5 Å². The Morgan fingerprint density at radius 1 is 1.22 bits per heavy atom. The minimum Gasteiger partial charge on any atom is -0.496 e. The van der Waals surface area contributed by atoms with E-state index in [-0.39, 0.29) is 24.6 Å². The Labute approximate surface area is 157 Å². The van der Waals surface area contributed by atoms with Crippen molar-refractivity contribution in [2.45, 2.75) is 13.5 Å². The second-order valence-corrected chi connectivity index (χ2v) is 5.87. The Hall–Kier alpha value is -3.29. The van der Waals surface area contributed by atoms with Gasteiger partial charge in [0.05, 0.1) is 32.0 Å². The second kappa shape index (κ2) is 9.42. The molecule has 0 spiro atoms. The number of esters is 1. The number of methoxy groups -OCH3 is 1. The summed E-state index contributed by atoms with van der Waals surface area (Å²) in [6.07, 6.45) is 1.51. The van der Waals surface area contributed by atoms with Crippen LogP contribution in [0.3, 0.4) is 0 Å². The molecule has 1 heterocycles. The van der Waals surface area contributed by atoms with Gasteiger partial charge >= 0.3 is 5.97 Å². The Bertz CT molecular complexity index is 801. The van der Waals surface area contributed by atoms with Crippen molar-refractivity contribution in [3.63, 3.8) is 0 Å². The van der Waals surface area contributed by atoms with Crippen LogP contribution in [0, 0.1) is 6.92 Å². The molecule has 8 nitrogen and oxygen atoms in total. The number of carbonyl (C=O) groups excluding carboxylic acids is 3. The van der Waals surface area contributed by atoms with Gasteiger partial charge in [-0.2, -0.15) is 0 Å². The first kappa shape index (κ1) is 20.0. The number of aryl methyl sites for hydroxylation is 1. The van der Waals surface area contributed by atoms with E-state index < -0.39 is 18.5 Å². The van der Waals surface area contributed by atoms with Gasteiger partial charge in [-0.15, -0.1) is 0 Å². The third kappa shape index (κ3) is 5.88. The van der Waals surface area contributed by atoms with Crippen LogP contribution in [0.1, 0.15) is 21.7 Å². The molecular weight excluding hydrogens is 352 g/mol. The fourth-order valence-corrected chi connectivity index (χ4v) is 2.23. The minimum absolute atomic E-state index is 0.157. The Morgan fingerprint density at radius 3 is 2.67 bits per heavy atom. The van der Waals surface area contributed by atoms with Crippen LogP contribution >= 0.6 is 0 Å². The van der Waals surface area contributed by atoms with Gasteiger partial charge in [0.15, 0.2) is 6.61 Å². The molecule has 2 aromatic rings. The highest BCUT2D eigenvalue weighted by Gasteiger charge is 2.16. The quantitative estimate of drug-likeness (QED) is 0.704. The number of carbonyl (C=O) groups is 3. The third-order valence-electron chi connectivity index (χ3n) is 3.82. The highest BCUT2D eigenvalue weighted by molar-refractivity contribution is 5.92. The summed E-state index contributed by atoms with van der Waals surface area (Å²) in [7, 11) is 2.96.